The summed E-state index contributed by atoms with van der Waals surface area (Å²) in [6.45, 7) is 0.385. The average molecular weight is 634 g/mol. The molecule has 242 valence electrons. The Kier molecular flexibility index (Phi) is 10.9. The third-order valence-corrected chi connectivity index (χ3v) is 8.21. The monoisotopic (exact) mass is 633 g/mol. The van der Waals surface area contributed by atoms with Crippen molar-refractivity contribution in [2.24, 2.45) is 5.73 Å². The Morgan fingerprint density at radius 1 is 0.787 bits per heavy atom. The van der Waals surface area contributed by atoms with E-state index in [1.807, 2.05) is 84.9 Å². The van der Waals surface area contributed by atoms with E-state index in [1.165, 1.54) is 4.90 Å². The van der Waals surface area contributed by atoms with E-state index in [4.69, 9.17) is 10.5 Å². The minimum absolute atomic E-state index is 0.179. The van der Waals surface area contributed by atoms with E-state index in [-0.39, 0.29) is 12.8 Å². The van der Waals surface area contributed by atoms with Gasteiger partial charge in [-0.3, -0.25) is 14.4 Å². The number of hydrogen-bond acceptors (Lipinski definition) is 5. The number of methoxy groups -OCH3 is 1. The highest BCUT2D eigenvalue weighted by Gasteiger charge is 2.36. The Hall–Kier alpha value is -5.64. The molecule has 0 aliphatic carbocycles. The summed E-state index contributed by atoms with van der Waals surface area (Å²) in [5.41, 5.74) is 10.0. The van der Waals surface area contributed by atoms with E-state index >= 15 is 0 Å². The first-order chi connectivity index (χ1) is 22.8. The summed E-state index contributed by atoms with van der Waals surface area (Å²) in [4.78, 5) is 54.6. The lowest BCUT2D eigenvalue weighted by molar-refractivity contribution is -0.132. The van der Waals surface area contributed by atoms with E-state index < -0.39 is 41.9 Å². The predicted molar refractivity (Wildman–Crippen MR) is 181 cm³/mol. The van der Waals surface area contributed by atoms with Crippen molar-refractivity contribution in [1.82, 2.24) is 15.5 Å². The SMILES string of the molecule is COc1cccc(NC(=O)N2CCCC2C(=O)N[C@@H](Cc2ccccc2)C(=O)N[C@@H](Cc2ccc(-c3ccccc3)cc2)C(N)=O)c1. The molecule has 0 saturated carbocycles. The van der Waals surface area contributed by atoms with Crippen LogP contribution in [0.2, 0.25) is 0 Å². The first-order valence-electron chi connectivity index (χ1n) is 15.6. The number of anilines is 1. The van der Waals surface area contributed by atoms with Gasteiger partial charge in [-0.05, 0) is 47.2 Å². The van der Waals surface area contributed by atoms with Crippen molar-refractivity contribution in [3.8, 4) is 16.9 Å². The van der Waals surface area contributed by atoms with Crippen molar-refractivity contribution in [2.45, 2.75) is 43.8 Å². The molecule has 0 aromatic heterocycles. The topological polar surface area (TPSA) is 143 Å². The molecule has 1 heterocycles. The number of amides is 5. The fourth-order valence-corrected chi connectivity index (χ4v) is 5.70. The van der Waals surface area contributed by atoms with Crippen LogP contribution in [-0.2, 0) is 27.2 Å². The van der Waals surface area contributed by atoms with Gasteiger partial charge < -0.3 is 31.3 Å². The lowest BCUT2D eigenvalue weighted by Crippen LogP contribution is -2.57. The normalized spacial score (nSPS) is 15.3. The van der Waals surface area contributed by atoms with Gasteiger partial charge in [-0.2, -0.15) is 0 Å². The van der Waals surface area contributed by atoms with Gasteiger partial charge in [-0.15, -0.1) is 0 Å². The van der Waals surface area contributed by atoms with Gasteiger partial charge in [-0.1, -0.05) is 91.0 Å². The molecule has 3 atom stereocenters. The average Bonchev–Trinajstić information content (AvgIpc) is 3.60. The second-order valence-corrected chi connectivity index (χ2v) is 11.5. The van der Waals surface area contributed by atoms with E-state index in [1.54, 1.807) is 31.4 Å². The van der Waals surface area contributed by atoms with Crippen molar-refractivity contribution in [3.05, 3.63) is 120 Å². The first-order valence-corrected chi connectivity index (χ1v) is 15.6. The van der Waals surface area contributed by atoms with Crippen LogP contribution in [0, 0.1) is 0 Å². The smallest absolute Gasteiger partial charge is 0.322 e. The van der Waals surface area contributed by atoms with Gasteiger partial charge in [0, 0.05) is 31.1 Å². The Labute approximate surface area is 274 Å². The van der Waals surface area contributed by atoms with Crippen LogP contribution in [0.5, 0.6) is 5.75 Å². The van der Waals surface area contributed by atoms with Crippen LogP contribution in [0.4, 0.5) is 10.5 Å². The van der Waals surface area contributed by atoms with Crippen LogP contribution in [0.25, 0.3) is 11.1 Å². The summed E-state index contributed by atoms with van der Waals surface area (Å²) < 4.78 is 5.24. The highest BCUT2D eigenvalue weighted by Crippen LogP contribution is 2.22. The first kappa shape index (κ1) is 32.7. The number of carbonyl (C=O) groups excluding carboxylic acids is 4. The molecule has 1 aliphatic rings. The van der Waals surface area contributed by atoms with Crippen molar-refractivity contribution in [3.63, 3.8) is 0 Å². The minimum atomic E-state index is -1.02. The van der Waals surface area contributed by atoms with Gasteiger partial charge in [0.2, 0.25) is 17.7 Å². The Bertz CT molecular complexity index is 1680. The number of nitrogens with zero attached hydrogens (tertiary/aromatic N) is 1. The number of likely N-dealkylation sites (tertiary alicyclic amines) is 1. The molecule has 4 aromatic rings. The molecule has 10 nitrogen and oxygen atoms in total. The summed E-state index contributed by atoms with van der Waals surface area (Å²) in [6.07, 6.45) is 1.44. The second-order valence-electron chi connectivity index (χ2n) is 11.5. The number of urea groups is 1. The van der Waals surface area contributed by atoms with Crippen LogP contribution < -0.4 is 26.4 Å². The molecule has 5 N–H and O–H groups in total. The number of benzene rings is 4. The third-order valence-electron chi connectivity index (χ3n) is 8.21. The molecule has 0 bridgehead atoms. The predicted octanol–water partition coefficient (Wildman–Crippen LogP) is 4.30. The van der Waals surface area contributed by atoms with E-state index in [0.29, 0.717) is 30.8 Å². The van der Waals surface area contributed by atoms with E-state index in [0.717, 1.165) is 22.3 Å². The Balaban J connectivity index is 1.28. The van der Waals surface area contributed by atoms with Gasteiger partial charge in [-0.25, -0.2) is 4.79 Å². The zero-order valence-electron chi connectivity index (χ0n) is 26.2. The molecule has 4 aromatic carbocycles. The number of ether oxygens (including phenoxy) is 1. The molecule has 5 rings (SSSR count). The van der Waals surface area contributed by atoms with Gasteiger partial charge in [0.15, 0.2) is 0 Å². The van der Waals surface area contributed by atoms with Crippen molar-refractivity contribution >= 4 is 29.4 Å². The Morgan fingerprint density at radius 3 is 2.11 bits per heavy atom. The molecule has 1 fully saturated rings. The molecule has 0 spiro atoms. The highest BCUT2D eigenvalue weighted by atomic mass is 16.5. The van der Waals surface area contributed by atoms with Gasteiger partial charge in [0.05, 0.1) is 7.11 Å². The molecule has 1 aliphatic heterocycles. The van der Waals surface area contributed by atoms with E-state index in [2.05, 4.69) is 16.0 Å². The minimum Gasteiger partial charge on any atom is -0.497 e. The lowest BCUT2D eigenvalue weighted by atomic mass is 9.99. The largest absolute Gasteiger partial charge is 0.497 e. The number of rotatable bonds is 12. The summed E-state index contributed by atoms with van der Waals surface area (Å²) >= 11 is 0. The quantitative estimate of drug-likeness (QED) is 0.184. The summed E-state index contributed by atoms with van der Waals surface area (Å²) in [5.74, 6) is -1.10. The van der Waals surface area contributed by atoms with Crippen LogP contribution in [-0.4, -0.2) is 60.4 Å². The zero-order chi connectivity index (χ0) is 33.2. The Morgan fingerprint density at radius 2 is 1.43 bits per heavy atom. The van der Waals surface area contributed by atoms with Crippen LogP contribution >= 0.6 is 0 Å². The highest BCUT2D eigenvalue weighted by molar-refractivity contribution is 5.96. The van der Waals surface area contributed by atoms with Crippen LogP contribution in [0.1, 0.15) is 24.0 Å². The summed E-state index contributed by atoms with van der Waals surface area (Å²) in [5, 5.41) is 8.47. The number of hydrogen-bond donors (Lipinski definition) is 4. The van der Waals surface area contributed by atoms with Crippen LogP contribution in [0.15, 0.2) is 109 Å². The molecular weight excluding hydrogens is 594 g/mol. The molecule has 1 unspecified atom stereocenters. The molecular formula is C37H39N5O5. The van der Waals surface area contributed by atoms with Crippen molar-refractivity contribution < 1.29 is 23.9 Å². The number of primary amides is 1. The lowest BCUT2D eigenvalue weighted by Gasteiger charge is -2.27. The molecule has 47 heavy (non-hydrogen) atoms. The van der Waals surface area contributed by atoms with Crippen molar-refractivity contribution in [1.29, 1.82) is 0 Å². The molecule has 1 saturated heterocycles. The molecule has 10 heteroatoms. The van der Waals surface area contributed by atoms with Gasteiger partial charge in [0.25, 0.3) is 0 Å². The van der Waals surface area contributed by atoms with Gasteiger partial charge >= 0.3 is 6.03 Å². The maximum absolute atomic E-state index is 13.7. The standard InChI is InChI=1S/C37H39N5O5/c1-47-30-15-8-14-29(24-30)39-37(46)42-21-9-16-33(42)36(45)41-32(23-25-10-4-2-5-11-25)35(44)40-31(34(38)43)22-26-17-19-28(20-18-26)27-12-6-3-7-13-27/h2-8,10-15,17-20,24,31-33H,9,16,21-23H2,1H3,(H2,38,43)(H,39,46)(H,40,44)(H,41,45)/t31-,32-,33?/m0/s1. The number of nitrogens with one attached hydrogen (secondary N) is 3. The fraction of sp³-hybridized carbons (Fsp3) is 0.243. The second kappa shape index (κ2) is 15.6. The van der Waals surface area contributed by atoms with Crippen LogP contribution in [0.3, 0.4) is 0 Å². The zero-order valence-corrected chi connectivity index (χ0v) is 26.2. The third kappa shape index (κ3) is 8.76. The fourth-order valence-electron chi connectivity index (χ4n) is 5.70. The van der Waals surface area contributed by atoms with E-state index in [9.17, 15) is 19.2 Å². The molecule has 0 radical (unpaired) electrons. The maximum Gasteiger partial charge on any atom is 0.322 e. The van der Waals surface area contributed by atoms with Gasteiger partial charge in [0.1, 0.15) is 23.9 Å². The maximum atomic E-state index is 13.7. The van der Waals surface area contributed by atoms with Crippen molar-refractivity contribution in [2.75, 3.05) is 19.0 Å². The molecule has 5 amide bonds. The number of nitrogens with two attached hydrogens (primary N) is 1. The summed E-state index contributed by atoms with van der Waals surface area (Å²) in [7, 11) is 1.54. The summed E-state index contributed by atoms with van der Waals surface area (Å²) in [6, 6.07) is 30.6. The number of carbonyl (C=O) groups is 4.